The molecule has 0 amide bonds. The van der Waals surface area contributed by atoms with Gasteiger partial charge in [-0.25, -0.2) is 0 Å². The Morgan fingerprint density at radius 3 is 2.60 bits per heavy atom. The van der Waals surface area contributed by atoms with Crippen LogP contribution in [0.1, 0.15) is 13.8 Å². The quantitative estimate of drug-likeness (QED) is 0.492. The van der Waals surface area contributed by atoms with Crippen LogP contribution < -0.4 is 0 Å². The lowest BCUT2D eigenvalue weighted by atomic mass is 10.2. The van der Waals surface area contributed by atoms with Crippen LogP contribution in [0.4, 0.5) is 0 Å². The van der Waals surface area contributed by atoms with Gasteiger partial charge in [0.25, 0.3) is 0 Å². The molecule has 54 valence electrons. The molecule has 0 aromatic rings. The molecule has 1 heterocycles. The molecule has 0 fully saturated rings. The van der Waals surface area contributed by atoms with Gasteiger partial charge in [0.2, 0.25) is 0 Å². The van der Waals surface area contributed by atoms with Crippen LogP contribution in [-0.2, 0) is 0 Å². The lowest BCUT2D eigenvalue weighted by Crippen LogP contribution is -2.07. The predicted molar refractivity (Wildman–Crippen MR) is 44.4 cm³/mol. The maximum atomic E-state index is 2.12. The van der Waals surface area contributed by atoms with Crippen LogP contribution in [0.15, 0.2) is 35.7 Å². The Labute approximate surface area is 62.3 Å². The summed E-state index contributed by atoms with van der Waals surface area (Å²) >= 11 is 0. The van der Waals surface area contributed by atoms with E-state index in [0.717, 1.165) is 0 Å². The molecule has 0 aliphatic carbocycles. The van der Waals surface area contributed by atoms with Crippen LogP contribution in [-0.4, -0.2) is 11.9 Å². The van der Waals surface area contributed by atoms with E-state index in [-0.39, 0.29) is 0 Å². The van der Waals surface area contributed by atoms with Crippen molar-refractivity contribution in [2.24, 2.45) is 0 Å². The highest BCUT2D eigenvalue weighted by molar-refractivity contribution is 5.28. The van der Waals surface area contributed by atoms with Crippen molar-refractivity contribution in [2.45, 2.75) is 13.8 Å². The van der Waals surface area contributed by atoms with E-state index in [1.165, 1.54) is 11.3 Å². The van der Waals surface area contributed by atoms with Crippen LogP contribution in [0, 0.1) is 0 Å². The molecule has 1 rings (SSSR count). The fourth-order valence-corrected chi connectivity index (χ4v) is 0.889. The zero-order valence-electron chi connectivity index (χ0n) is 6.76. The lowest BCUT2D eigenvalue weighted by molar-refractivity contribution is 0.566. The van der Waals surface area contributed by atoms with Gasteiger partial charge >= 0.3 is 0 Å². The first-order valence-electron chi connectivity index (χ1n) is 3.47. The summed E-state index contributed by atoms with van der Waals surface area (Å²) in [7, 11) is 2.06. The maximum Gasteiger partial charge on any atom is 0.0169 e. The van der Waals surface area contributed by atoms with Crippen molar-refractivity contribution in [3.63, 3.8) is 0 Å². The van der Waals surface area contributed by atoms with Gasteiger partial charge in [0, 0.05) is 18.9 Å². The summed E-state index contributed by atoms with van der Waals surface area (Å²) in [5, 5.41) is 0. The highest BCUT2D eigenvalue weighted by Gasteiger charge is 1.98. The molecule has 1 aliphatic rings. The zero-order chi connectivity index (χ0) is 7.56. The van der Waals surface area contributed by atoms with Crippen LogP contribution in [0.25, 0.3) is 0 Å². The molecule has 0 bridgehead atoms. The highest BCUT2D eigenvalue weighted by Crippen LogP contribution is 2.11. The van der Waals surface area contributed by atoms with Crippen LogP contribution in [0.2, 0.25) is 0 Å². The molecule has 1 heteroatoms. The minimum atomic E-state index is 1.31. The molecule has 0 aromatic heterocycles. The average molecular weight is 135 g/mol. The second kappa shape index (κ2) is 2.74. The Balaban J connectivity index is 2.96. The second-order valence-corrected chi connectivity index (χ2v) is 2.58. The first-order valence-corrected chi connectivity index (χ1v) is 3.47. The van der Waals surface area contributed by atoms with Gasteiger partial charge in [0.1, 0.15) is 0 Å². The summed E-state index contributed by atoms with van der Waals surface area (Å²) in [6.45, 7) is 4.24. The van der Waals surface area contributed by atoms with Gasteiger partial charge in [-0.1, -0.05) is 12.2 Å². The molecule has 0 aromatic carbocycles. The minimum absolute atomic E-state index is 1.31. The SMILES string of the molecule is CC1=C(C)N(C)C=CC=C1. The van der Waals surface area contributed by atoms with Crippen molar-refractivity contribution >= 4 is 0 Å². The third kappa shape index (κ3) is 1.29. The summed E-state index contributed by atoms with van der Waals surface area (Å²) in [6.07, 6.45) is 8.28. The molecular weight excluding hydrogens is 122 g/mol. The number of hydrogen-bond acceptors (Lipinski definition) is 1. The Morgan fingerprint density at radius 1 is 1.20 bits per heavy atom. The van der Waals surface area contributed by atoms with E-state index in [0.29, 0.717) is 0 Å². The van der Waals surface area contributed by atoms with Gasteiger partial charge in [-0.15, -0.1) is 0 Å². The fraction of sp³-hybridized carbons (Fsp3) is 0.333. The van der Waals surface area contributed by atoms with Crippen molar-refractivity contribution in [2.75, 3.05) is 7.05 Å². The number of nitrogens with zero attached hydrogens (tertiary/aromatic N) is 1. The van der Waals surface area contributed by atoms with Crippen molar-refractivity contribution in [1.29, 1.82) is 0 Å². The smallest absolute Gasteiger partial charge is 0.0169 e. The van der Waals surface area contributed by atoms with Gasteiger partial charge < -0.3 is 4.90 Å². The fourth-order valence-electron chi connectivity index (χ4n) is 0.889. The third-order valence-corrected chi connectivity index (χ3v) is 1.87. The van der Waals surface area contributed by atoms with E-state index in [4.69, 9.17) is 0 Å². The molecular formula is C9H13N. The van der Waals surface area contributed by atoms with Crippen LogP contribution in [0.3, 0.4) is 0 Å². The molecule has 10 heavy (non-hydrogen) atoms. The third-order valence-electron chi connectivity index (χ3n) is 1.87. The minimum Gasteiger partial charge on any atom is -0.354 e. The van der Waals surface area contributed by atoms with Crippen LogP contribution in [0.5, 0.6) is 0 Å². The van der Waals surface area contributed by atoms with E-state index >= 15 is 0 Å². The van der Waals surface area contributed by atoms with Gasteiger partial charge in [0.15, 0.2) is 0 Å². The molecule has 0 saturated heterocycles. The molecule has 0 unspecified atom stereocenters. The normalized spacial score (nSPS) is 18.1. The molecule has 0 N–H and O–H groups in total. The molecule has 1 nitrogen and oxygen atoms in total. The summed E-state index contributed by atoms with van der Waals surface area (Å²) < 4.78 is 0. The van der Waals surface area contributed by atoms with Crippen molar-refractivity contribution in [3.05, 3.63) is 35.7 Å². The van der Waals surface area contributed by atoms with E-state index in [2.05, 4.69) is 44.1 Å². The standard InChI is InChI=1S/C9H13N/c1-8-6-4-5-7-10(3)9(8)2/h4-7H,1-3H3. The lowest BCUT2D eigenvalue weighted by Gasteiger charge is -2.14. The first kappa shape index (κ1) is 7.13. The summed E-state index contributed by atoms with van der Waals surface area (Å²) in [5.74, 6) is 0. The maximum absolute atomic E-state index is 2.12. The largest absolute Gasteiger partial charge is 0.354 e. The summed E-state index contributed by atoms with van der Waals surface area (Å²) in [6, 6.07) is 0. The van der Waals surface area contributed by atoms with Gasteiger partial charge in [-0.2, -0.15) is 0 Å². The molecule has 0 saturated carbocycles. The second-order valence-electron chi connectivity index (χ2n) is 2.58. The van der Waals surface area contributed by atoms with Gasteiger partial charge in [-0.05, 0) is 25.5 Å². The van der Waals surface area contributed by atoms with Gasteiger partial charge in [-0.3, -0.25) is 0 Å². The van der Waals surface area contributed by atoms with Crippen molar-refractivity contribution in [3.8, 4) is 0 Å². The number of rotatable bonds is 0. The van der Waals surface area contributed by atoms with Crippen molar-refractivity contribution in [1.82, 2.24) is 4.90 Å². The molecule has 0 spiro atoms. The number of hydrogen-bond donors (Lipinski definition) is 0. The van der Waals surface area contributed by atoms with Crippen molar-refractivity contribution < 1.29 is 0 Å². The first-order chi connectivity index (χ1) is 4.72. The molecule has 0 radical (unpaired) electrons. The Morgan fingerprint density at radius 2 is 1.90 bits per heavy atom. The number of allylic oxidation sites excluding steroid dienone is 5. The summed E-state index contributed by atoms with van der Waals surface area (Å²) in [4.78, 5) is 2.12. The van der Waals surface area contributed by atoms with E-state index in [9.17, 15) is 0 Å². The highest BCUT2D eigenvalue weighted by atomic mass is 15.1. The Kier molecular flexibility index (Phi) is 1.95. The molecule has 0 atom stereocenters. The van der Waals surface area contributed by atoms with E-state index in [1.807, 2.05) is 6.08 Å². The Hall–Kier alpha value is -0.980. The monoisotopic (exact) mass is 135 g/mol. The average Bonchev–Trinajstić information content (AvgIpc) is 2.04. The Bertz CT molecular complexity index is 209. The predicted octanol–water partition coefficient (Wildman–Crippen LogP) is 2.30. The van der Waals surface area contributed by atoms with Gasteiger partial charge in [0.05, 0.1) is 0 Å². The van der Waals surface area contributed by atoms with E-state index in [1.54, 1.807) is 0 Å². The zero-order valence-corrected chi connectivity index (χ0v) is 6.76. The summed E-state index contributed by atoms with van der Waals surface area (Å²) in [5.41, 5.74) is 2.64. The molecule has 1 aliphatic heterocycles. The topological polar surface area (TPSA) is 3.24 Å². The van der Waals surface area contributed by atoms with Crippen LogP contribution >= 0.6 is 0 Å². The van der Waals surface area contributed by atoms with E-state index < -0.39 is 0 Å².